The topological polar surface area (TPSA) is 12.0 Å². The summed E-state index contributed by atoms with van der Waals surface area (Å²) in [7, 11) is 0. The lowest BCUT2D eigenvalue weighted by Crippen LogP contribution is -2.27. The Balaban J connectivity index is 2.14. The molecule has 2 rings (SSSR count). The maximum Gasteiger partial charge on any atom is 0.0442 e. The average Bonchev–Trinajstić information content (AvgIpc) is 2.88. The Morgan fingerprint density at radius 1 is 1.11 bits per heavy atom. The summed E-state index contributed by atoms with van der Waals surface area (Å²) in [6, 6.07) is 13.1. The zero-order chi connectivity index (χ0) is 13.8. The van der Waals surface area contributed by atoms with Gasteiger partial charge in [-0.1, -0.05) is 43.6 Å². The minimum Gasteiger partial charge on any atom is -0.302 e. The number of thiophene rings is 1. The summed E-state index contributed by atoms with van der Waals surface area (Å²) in [6.45, 7) is 6.69. The lowest BCUT2D eigenvalue weighted by molar-refractivity contribution is 0.379. The van der Waals surface area contributed by atoms with Gasteiger partial charge in [0.25, 0.3) is 0 Å². The van der Waals surface area contributed by atoms with E-state index in [0.29, 0.717) is 12.0 Å². The lowest BCUT2D eigenvalue weighted by Gasteiger charge is -2.26. The second-order valence-electron chi connectivity index (χ2n) is 5.18. The molecule has 1 unspecified atom stereocenters. The third-order valence-electron chi connectivity index (χ3n) is 3.29. The van der Waals surface area contributed by atoms with E-state index in [2.05, 4.69) is 49.7 Å². The SMILES string of the molecule is CC(C)C(N[C@@H](C)c1cccc(Cl)c1)c1cccs1. The zero-order valence-corrected chi connectivity index (χ0v) is 13.1. The van der Waals surface area contributed by atoms with Crippen molar-refractivity contribution in [2.75, 3.05) is 0 Å². The third kappa shape index (κ3) is 3.82. The number of benzene rings is 1. The predicted octanol–water partition coefficient (Wildman–Crippen LogP) is 5.45. The molecular weight excluding hydrogens is 274 g/mol. The van der Waals surface area contributed by atoms with Crippen molar-refractivity contribution in [2.24, 2.45) is 5.92 Å². The summed E-state index contributed by atoms with van der Waals surface area (Å²) in [5.41, 5.74) is 1.23. The summed E-state index contributed by atoms with van der Waals surface area (Å²) >= 11 is 7.87. The van der Waals surface area contributed by atoms with Crippen LogP contribution in [0.15, 0.2) is 41.8 Å². The van der Waals surface area contributed by atoms with Crippen molar-refractivity contribution in [1.29, 1.82) is 0 Å². The molecule has 0 aliphatic heterocycles. The second kappa shape index (κ2) is 6.56. The maximum absolute atomic E-state index is 6.06. The number of nitrogens with one attached hydrogen (secondary N) is 1. The van der Waals surface area contributed by atoms with Crippen molar-refractivity contribution in [1.82, 2.24) is 5.32 Å². The third-order valence-corrected chi connectivity index (χ3v) is 4.49. The smallest absolute Gasteiger partial charge is 0.0442 e. The fraction of sp³-hybridized carbons (Fsp3) is 0.375. The molecule has 1 aromatic heterocycles. The number of hydrogen-bond acceptors (Lipinski definition) is 2. The van der Waals surface area contributed by atoms with Gasteiger partial charge in [0.1, 0.15) is 0 Å². The molecule has 1 nitrogen and oxygen atoms in total. The number of rotatable bonds is 5. The Labute approximate surface area is 124 Å². The van der Waals surface area contributed by atoms with E-state index >= 15 is 0 Å². The van der Waals surface area contributed by atoms with Crippen molar-refractivity contribution < 1.29 is 0 Å². The van der Waals surface area contributed by atoms with Gasteiger partial charge in [-0.15, -0.1) is 11.3 Å². The summed E-state index contributed by atoms with van der Waals surface area (Å²) in [4.78, 5) is 1.39. The molecule has 0 amide bonds. The maximum atomic E-state index is 6.06. The van der Waals surface area contributed by atoms with Gasteiger partial charge < -0.3 is 5.32 Å². The van der Waals surface area contributed by atoms with Gasteiger partial charge in [0.05, 0.1) is 0 Å². The van der Waals surface area contributed by atoms with E-state index in [9.17, 15) is 0 Å². The minimum absolute atomic E-state index is 0.285. The monoisotopic (exact) mass is 293 g/mol. The lowest BCUT2D eigenvalue weighted by atomic mass is 10.00. The quantitative estimate of drug-likeness (QED) is 0.773. The summed E-state index contributed by atoms with van der Waals surface area (Å²) in [6.07, 6.45) is 0. The molecule has 0 saturated carbocycles. The molecule has 102 valence electrons. The van der Waals surface area contributed by atoms with E-state index in [1.165, 1.54) is 10.4 Å². The first-order valence-corrected chi connectivity index (χ1v) is 7.88. The highest BCUT2D eigenvalue weighted by Gasteiger charge is 2.19. The summed E-state index contributed by atoms with van der Waals surface area (Å²) in [5, 5.41) is 6.64. The molecule has 2 aromatic rings. The van der Waals surface area contributed by atoms with E-state index < -0.39 is 0 Å². The van der Waals surface area contributed by atoms with Crippen LogP contribution in [0.2, 0.25) is 5.02 Å². The fourth-order valence-electron chi connectivity index (χ4n) is 2.21. The fourth-order valence-corrected chi connectivity index (χ4v) is 3.37. The first-order chi connectivity index (χ1) is 9.08. The van der Waals surface area contributed by atoms with Crippen LogP contribution in [0.4, 0.5) is 0 Å². The molecule has 1 N–H and O–H groups in total. The van der Waals surface area contributed by atoms with Crippen LogP contribution < -0.4 is 5.32 Å². The molecule has 1 aromatic carbocycles. The molecule has 0 radical (unpaired) electrons. The first-order valence-electron chi connectivity index (χ1n) is 6.63. The van der Waals surface area contributed by atoms with Crippen LogP contribution >= 0.6 is 22.9 Å². The first kappa shape index (κ1) is 14.6. The molecule has 2 atom stereocenters. The molecule has 19 heavy (non-hydrogen) atoms. The van der Waals surface area contributed by atoms with Gasteiger partial charge in [0.2, 0.25) is 0 Å². The van der Waals surface area contributed by atoms with Crippen molar-refractivity contribution >= 4 is 22.9 Å². The van der Waals surface area contributed by atoms with Crippen LogP contribution in [0, 0.1) is 5.92 Å². The van der Waals surface area contributed by atoms with Crippen molar-refractivity contribution in [2.45, 2.75) is 32.9 Å². The van der Waals surface area contributed by atoms with Crippen LogP contribution in [-0.2, 0) is 0 Å². The highest BCUT2D eigenvalue weighted by molar-refractivity contribution is 7.10. The van der Waals surface area contributed by atoms with E-state index in [-0.39, 0.29) is 6.04 Å². The summed E-state index contributed by atoms with van der Waals surface area (Å²) < 4.78 is 0. The predicted molar refractivity (Wildman–Crippen MR) is 84.9 cm³/mol. The number of hydrogen-bond donors (Lipinski definition) is 1. The highest BCUT2D eigenvalue weighted by atomic mass is 35.5. The van der Waals surface area contributed by atoms with Gasteiger partial charge >= 0.3 is 0 Å². The Bertz CT molecular complexity index is 507. The van der Waals surface area contributed by atoms with Crippen LogP contribution in [-0.4, -0.2) is 0 Å². The summed E-state index contributed by atoms with van der Waals surface area (Å²) in [5.74, 6) is 0.556. The van der Waals surface area contributed by atoms with Crippen molar-refractivity contribution in [3.05, 3.63) is 57.2 Å². The molecule has 1 heterocycles. The minimum atomic E-state index is 0.285. The molecular formula is C16H20ClNS. The second-order valence-corrected chi connectivity index (χ2v) is 6.60. The molecule has 0 saturated heterocycles. The Kier molecular flexibility index (Phi) is 5.03. The van der Waals surface area contributed by atoms with Gasteiger partial charge in [-0.2, -0.15) is 0 Å². The van der Waals surface area contributed by atoms with Gasteiger partial charge in [-0.25, -0.2) is 0 Å². The van der Waals surface area contributed by atoms with E-state index in [1.807, 2.05) is 29.5 Å². The van der Waals surface area contributed by atoms with Crippen LogP contribution in [0.1, 0.15) is 43.3 Å². The molecule has 0 aliphatic rings. The number of halogens is 1. The van der Waals surface area contributed by atoms with Gasteiger partial charge in [0, 0.05) is 22.0 Å². The van der Waals surface area contributed by atoms with Crippen LogP contribution in [0.25, 0.3) is 0 Å². The molecule has 0 bridgehead atoms. The molecule has 0 fully saturated rings. The standard InChI is InChI=1S/C16H20ClNS/c1-11(2)16(15-8-5-9-19-15)18-12(3)13-6-4-7-14(17)10-13/h4-12,16,18H,1-3H3/t12-,16?/m0/s1. The van der Waals surface area contributed by atoms with E-state index in [1.54, 1.807) is 0 Å². The molecule has 3 heteroatoms. The molecule has 0 spiro atoms. The Hall–Kier alpha value is -0.830. The van der Waals surface area contributed by atoms with Crippen LogP contribution in [0.5, 0.6) is 0 Å². The molecule has 0 aliphatic carbocycles. The van der Waals surface area contributed by atoms with Crippen molar-refractivity contribution in [3.63, 3.8) is 0 Å². The van der Waals surface area contributed by atoms with E-state index in [4.69, 9.17) is 11.6 Å². The Morgan fingerprint density at radius 2 is 1.89 bits per heavy atom. The normalized spacial score (nSPS) is 14.6. The van der Waals surface area contributed by atoms with Gasteiger partial charge in [0.15, 0.2) is 0 Å². The van der Waals surface area contributed by atoms with Crippen LogP contribution in [0.3, 0.4) is 0 Å². The van der Waals surface area contributed by atoms with E-state index in [0.717, 1.165) is 5.02 Å². The zero-order valence-electron chi connectivity index (χ0n) is 11.6. The van der Waals surface area contributed by atoms with Crippen molar-refractivity contribution in [3.8, 4) is 0 Å². The largest absolute Gasteiger partial charge is 0.302 e. The van der Waals surface area contributed by atoms with Gasteiger partial charge in [-0.05, 0) is 42.0 Å². The Morgan fingerprint density at radius 3 is 2.47 bits per heavy atom. The highest BCUT2D eigenvalue weighted by Crippen LogP contribution is 2.29. The average molecular weight is 294 g/mol. The van der Waals surface area contributed by atoms with Gasteiger partial charge in [-0.3, -0.25) is 0 Å².